The van der Waals surface area contributed by atoms with E-state index in [1.54, 1.807) is 29.0 Å². The summed E-state index contributed by atoms with van der Waals surface area (Å²) in [5.41, 5.74) is 3.30. The van der Waals surface area contributed by atoms with Gasteiger partial charge < -0.3 is 4.90 Å². The first-order valence-corrected chi connectivity index (χ1v) is 7.41. The van der Waals surface area contributed by atoms with Gasteiger partial charge in [-0.25, -0.2) is 4.68 Å². The van der Waals surface area contributed by atoms with Crippen molar-refractivity contribution in [1.82, 2.24) is 19.7 Å². The number of hydrogen-bond acceptors (Lipinski definition) is 3. The predicted octanol–water partition coefficient (Wildman–Crippen LogP) is 2.85. The van der Waals surface area contributed by atoms with Crippen LogP contribution in [0, 0.1) is 6.92 Å². The van der Waals surface area contributed by atoms with Crippen LogP contribution in [0.15, 0.2) is 60.9 Å². The van der Waals surface area contributed by atoms with Gasteiger partial charge in [0.15, 0.2) is 5.69 Å². The Kier molecular flexibility index (Phi) is 4.19. The molecule has 23 heavy (non-hydrogen) atoms. The summed E-state index contributed by atoms with van der Waals surface area (Å²) in [6.45, 7) is 2.45. The molecule has 0 saturated carbocycles. The van der Waals surface area contributed by atoms with Gasteiger partial charge in [-0.1, -0.05) is 24.3 Å². The standard InChI is InChI=1S/C18H18N4O/c1-14-11-17(20-22(14)16-8-4-3-5-9-16)18(23)21(2)13-15-7-6-10-19-12-15/h3-12H,13H2,1-2H3. The van der Waals surface area contributed by atoms with Crippen LogP contribution in [-0.2, 0) is 6.54 Å². The Morgan fingerprint density at radius 2 is 1.96 bits per heavy atom. The predicted molar refractivity (Wildman–Crippen MR) is 88.3 cm³/mol. The van der Waals surface area contributed by atoms with Gasteiger partial charge in [0.25, 0.3) is 5.91 Å². The van der Waals surface area contributed by atoms with Crippen LogP contribution in [0.25, 0.3) is 5.69 Å². The number of aromatic nitrogens is 3. The number of para-hydroxylation sites is 1. The summed E-state index contributed by atoms with van der Waals surface area (Å²) in [6, 6.07) is 15.4. The number of carbonyl (C=O) groups excluding carboxylic acids is 1. The van der Waals surface area contributed by atoms with Gasteiger partial charge in [-0.2, -0.15) is 5.10 Å². The summed E-state index contributed by atoms with van der Waals surface area (Å²) in [6.07, 6.45) is 3.48. The molecule has 0 radical (unpaired) electrons. The van der Waals surface area contributed by atoms with E-state index in [9.17, 15) is 4.79 Å². The molecule has 3 rings (SSSR count). The largest absolute Gasteiger partial charge is 0.336 e. The number of aryl methyl sites for hydroxylation is 1. The first-order chi connectivity index (χ1) is 11.1. The SMILES string of the molecule is Cc1cc(C(=O)N(C)Cc2cccnc2)nn1-c1ccccc1. The molecule has 0 fully saturated rings. The maximum Gasteiger partial charge on any atom is 0.274 e. The number of amides is 1. The van der Waals surface area contributed by atoms with Crippen LogP contribution in [0.5, 0.6) is 0 Å². The average Bonchev–Trinajstić information content (AvgIpc) is 2.97. The molecule has 1 aromatic carbocycles. The second-order valence-corrected chi connectivity index (χ2v) is 5.44. The number of hydrogen-bond donors (Lipinski definition) is 0. The van der Waals surface area contributed by atoms with E-state index in [0.717, 1.165) is 16.9 Å². The normalized spacial score (nSPS) is 10.5. The third-order valence-electron chi connectivity index (χ3n) is 3.60. The summed E-state index contributed by atoms with van der Waals surface area (Å²) in [5.74, 6) is -0.105. The van der Waals surface area contributed by atoms with E-state index in [2.05, 4.69) is 10.1 Å². The van der Waals surface area contributed by atoms with Gasteiger partial charge in [0.2, 0.25) is 0 Å². The molecule has 0 atom stereocenters. The van der Waals surface area contributed by atoms with Crippen molar-refractivity contribution in [3.63, 3.8) is 0 Å². The van der Waals surface area contributed by atoms with Crippen molar-refractivity contribution in [3.8, 4) is 5.69 Å². The zero-order valence-electron chi connectivity index (χ0n) is 13.2. The second kappa shape index (κ2) is 6.44. The van der Waals surface area contributed by atoms with Crippen LogP contribution >= 0.6 is 0 Å². The molecular formula is C18H18N4O. The molecule has 0 aliphatic carbocycles. The second-order valence-electron chi connectivity index (χ2n) is 5.44. The molecule has 5 heteroatoms. The van der Waals surface area contributed by atoms with E-state index in [4.69, 9.17) is 0 Å². The number of carbonyl (C=O) groups is 1. The molecule has 0 bridgehead atoms. The molecule has 5 nitrogen and oxygen atoms in total. The van der Waals surface area contributed by atoms with Gasteiger partial charge in [-0.3, -0.25) is 9.78 Å². The zero-order chi connectivity index (χ0) is 16.2. The van der Waals surface area contributed by atoms with E-state index >= 15 is 0 Å². The fourth-order valence-electron chi connectivity index (χ4n) is 2.44. The quantitative estimate of drug-likeness (QED) is 0.745. The number of nitrogens with zero attached hydrogens (tertiary/aromatic N) is 4. The van der Waals surface area contributed by atoms with E-state index in [1.165, 1.54) is 0 Å². The maximum atomic E-state index is 12.6. The molecule has 0 aliphatic heterocycles. The van der Waals surface area contributed by atoms with Gasteiger partial charge in [0, 0.05) is 31.7 Å². The summed E-state index contributed by atoms with van der Waals surface area (Å²) in [4.78, 5) is 18.3. The highest BCUT2D eigenvalue weighted by atomic mass is 16.2. The molecule has 0 spiro atoms. The van der Waals surface area contributed by atoms with E-state index in [1.807, 2.05) is 55.5 Å². The van der Waals surface area contributed by atoms with Crippen LogP contribution in [-0.4, -0.2) is 32.6 Å². The molecule has 2 heterocycles. The Balaban J connectivity index is 1.80. The van der Waals surface area contributed by atoms with Crippen LogP contribution in [0.2, 0.25) is 0 Å². The molecule has 1 amide bonds. The van der Waals surface area contributed by atoms with E-state index < -0.39 is 0 Å². The van der Waals surface area contributed by atoms with Crippen LogP contribution in [0.1, 0.15) is 21.7 Å². The molecule has 0 aliphatic rings. The first-order valence-electron chi connectivity index (χ1n) is 7.41. The molecule has 116 valence electrons. The van der Waals surface area contributed by atoms with Crippen LogP contribution in [0.3, 0.4) is 0 Å². The van der Waals surface area contributed by atoms with Crippen molar-refractivity contribution in [3.05, 3.63) is 77.9 Å². The molecule has 0 N–H and O–H groups in total. The van der Waals surface area contributed by atoms with Gasteiger partial charge >= 0.3 is 0 Å². The Labute approximate surface area is 135 Å². The average molecular weight is 306 g/mol. The molecular weight excluding hydrogens is 288 g/mol. The molecule has 2 aromatic heterocycles. The lowest BCUT2D eigenvalue weighted by molar-refractivity contribution is 0.0778. The highest BCUT2D eigenvalue weighted by Gasteiger charge is 2.17. The maximum absolute atomic E-state index is 12.6. The van der Waals surface area contributed by atoms with Crippen molar-refractivity contribution in [2.24, 2.45) is 0 Å². The van der Waals surface area contributed by atoms with Crippen molar-refractivity contribution in [2.75, 3.05) is 7.05 Å². The van der Waals surface area contributed by atoms with Crippen molar-refractivity contribution < 1.29 is 4.79 Å². The Morgan fingerprint density at radius 3 is 2.65 bits per heavy atom. The van der Waals surface area contributed by atoms with Crippen molar-refractivity contribution in [2.45, 2.75) is 13.5 Å². The highest BCUT2D eigenvalue weighted by Crippen LogP contribution is 2.13. The van der Waals surface area contributed by atoms with Crippen molar-refractivity contribution >= 4 is 5.91 Å². The lowest BCUT2D eigenvalue weighted by Gasteiger charge is -2.15. The summed E-state index contributed by atoms with van der Waals surface area (Å²) in [7, 11) is 1.77. The van der Waals surface area contributed by atoms with Crippen LogP contribution in [0.4, 0.5) is 0 Å². The lowest BCUT2D eigenvalue weighted by Crippen LogP contribution is -2.26. The van der Waals surface area contributed by atoms with Gasteiger partial charge in [-0.15, -0.1) is 0 Å². The number of benzene rings is 1. The lowest BCUT2D eigenvalue weighted by atomic mass is 10.2. The minimum atomic E-state index is -0.105. The van der Waals surface area contributed by atoms with Gasteiger partial charge in [0.05, 0.1) is 5.69 Å². The minimum Gasteiger partial charge on any atom is -0.336 e. The van der Waals surface area contributed by atoms with E-state index in [-0.39, 0.29) is 5.91 Å². The molecule has 0 saturated heterocycles. The fraction of sp³-hybridized carbons (Fsp3) is 0.167. The molecule has 0 unspecified atom stereocenters. The monoisotopic (exact) mass is 306 g/mol. The van der Waals surface area contributed by atoms with Crippen LogP contribution < -0.4 is 0 Å². The summed E-state index contributed by atoms with van der Waals surface area (Å²) < 4.78 is 1.78. The third-order valence-corrected chi connectivity index (χ3v) is 3.60. The Hall–Kier alpha value is -2.95. The minimum absolute atomic E-state index is 0.105. The first kappa shape index (κ1) is 15.0. The fourth-order valence-corrected chi connectivity index (χ4v) is 2.44. The Bertz CT molecular complexity index is 796. The summed E-state index contributed by atoms with van der Waals surface area (Å²) >= 11 is 0. The topological polar surface area (TPSA) is 51.0 Å². The third kappa shape index (κ3) is 3.29. The zero-order valence-corrected chi connectivity index (χ0v) is 13.2. The number of pyridine rings is 1. The molecule has 3 aromatic rings. The number of rotatable bonds is 4. The highest BCUT2D eigenvalue weighted by molar-refractivity contribution is 5.92. The van der Waals surface area contributed by atoms with Crippen molar-refractivity contribution in [1.29, 1.82) is 0 Å². The van der Waals surface area contributed by atoms with Gasteiger partial charge in [0.1, 0.15) is 0 Å². The Morgan fingerprint density at radius 1 is 1.17 bits per heavy atom. The smallest absolute Gasteiger partial charge is 0.274 e. The van der Waals surface area contributed by atoms with E-state index in [0.29, 0.717) is 12.2 Å². The summed E-state index contributed by atoms with van der Waals surface area (Å²) in [5, 5.41) is 4.45. The van der Waals surface area contributed by atoms with Gasteiger partial charge in [-0.05, 0) is 36.8 Å².